The van der Waals surface area contributed by atoms with Crippen LogP contribution in [-0.4, -0.2) is 6.54 Å². The third-order valence-corrected chi connectivity index (χ3v) is 4.03. The van der Waals surface area contributed by atoms with Gasteiger partial charge in [0.1, 0.15) is 11.5 Å². The Hall–Kier alpha value is -0.770. The first-order chi connectivity index (χ1) is 9.60. The van der Waals surface area contributed by atoms with Crippen molar-refractivity contribution in [3.63, 3.8) is 0 Å². The summed E-state index contributed by atoms with van der Waals surface area (Å²) in [6.45, 7) is 5.08. The molecule has 1 unspecified atom stereocenters. The Morgan fingerprint density at radius 1 is 1.30 bits per heavy atom. The van der Waals surface area contributed by atoms with Gasteiger partial charge in [0.2, 0.25) is 0 Å². The van der Waals surface area contributed by atoms with Crippen LogP contribution in [0.5, 0.6) is 0 Å². The molecular weight excluding hydrogens is 338 g/mol. The fraction of sp³-hybridized carbons (Fsp3) is 0.375. The topological polar surface area (TPSA) is 25.2 Å². The predicted octanol–water partition coefficient (Wildman–Crippen LogP) is 5.29. The molecule has 2 aromatic rings. The van der Waals surface area contributed by atoms with Gasteiger partial charge >= 0.3 is 0 Å². The molecule has 0 aliphatic carbocycles. The first kappa shape index (κ1) is 15.6. The van der Waals surface area contributed by atoms with Crippen LogP contribution in [0.1, 0.15) is 36.5 Å². The Morgan fingerprint density at radius 2 is 2.10 bits per heavy atom. The van der Waals surface area contributed by atoms with Crippen LogP contribution in [0, 0.1) is 6.92 Å². The lowest BCUT2D eigenvalue weighted by molar-refractivity contribution is 0.398. The number of halogens is 2. The van der Waals surface area contributed by atoms with Crippen molar-refractivity contribution in [3.8, 4) is 0 Å². The number of rotatable bonds is 6. The predicted molar refractivity (Wildman–Crippen MR) is 87.3 cm³/mol. The summed E-state index contributed by atoms with van der Waals surface area (Å²) in [4.78, 5) is 0. The van der Waals surface area contributed by atoms with Gasteiger partial charge in [-0.1, -0.05) is 40.5 Å². The molecule has 2 nitrogen and oxygen atoms in total. The Labute approximate surface area is 133 Å². The molecule has 0 amide bonds. The van der Waals surface area contributed by atoms with Crippen LogP contribution < -0.4 is 5.32 Å². The van der Waals surface area contributed by atoms with E-state index >= 15 is 0 Å². The molecule has 108 valence electrons. The van der Waals surface area contributed by atoms with Crippen molar-refractivity contribution in [1.82, 2.24) is 5.32 Å². The Balaban J connectivity index is 2.18. The molecule has 0 spiro atoms. The highest BCUT2D eigenvalue weighted by Gasteiger charge is 2.16. The van der Waals surface area contributed by atoms with Crippen molar-refractivity contribution >= 4 is 27.5 Å². The van der Waals surface area contributed by atoms with Crippen LogP contribution in [-0.2, 0) is 6.42 Å². The molecule has 1 N–H and O–H groups in total. The lowest BCUT2D eigenvalue weighted by atomic mass is 10.0. The summed E-state index contributed by atoms with van der Waals surface area (Å²) < 4.78 is 6.76. The largest absolute Gasteiger partial charge is 0.465 e. The fourth-order valence-electron chi connectivity index (χ4n) is 2.14. The van der Waals surface area contributed by atoms with E-state index in [-0.39, 0.29) is 6.04 Å². The van der Waals surface area contributed by atoms with E-state index in [9.17, 15) is 0 Å². The quantitative estimate of drug-likeness (QED) is 0.761. The number of hydrogen-bond acceptors (Lipinski definition) is 2. The second-order valence-corrected chi connectivity index (χ2v) is 6.22. The average molecular weight is 357 g/mol. The molecule has 0 aliphatic heterocycles. The molecule has 0 aliphatic rings. The molecule has 0 saturated heterocycles. The smallest absolute Gasteiger partial charge is 0.121 e. The van der Waals surface area contributed by atoms with E-state index in [1.165, 1.54) is 0 Å². The van der Waals surface area contributed by atoms with Crippen molar-refractivity contribution in [3.05, 3.63) is 56.9 Å². The van der Waals surface area contributed by atoms with Crippen molar-refractivity contribution in [1.29, 1.82) is 0 Å². The number of nitrogens with one attached hydrogen (secondary N) is 1. The first-order valence-electron chi connectivity index (χ1n) is 6.83. The summed E-state index contributed by atoms with van der Waals surface area (Å²) in [6.07, 6.45) is 1.91. The Kier molecular flexibility index (Phi) is 5.70. The summed E-state index contributed by atoms with van der Waals surface area (Å²) in [6, 6.07) is 10.2. The highest BCUT2D eigenvalue weighted by atomic mass is 79.9. The Morgan fingerprint density at radius 3 is 2.70 bits per heavy atom. The highest BCUT2D eigenvalue weighted by Crippen LogP contribution is 2.27. The number of aryl methyl sites for hydroxylation is 1. The standard InChI is InChI=1S/C16H19BrClNO/c1-3-8-19-15(16-7-4-11(2)20-16)9-12-5-6-13(17)10-14(12)18/h4-7,10,15,19H,3,8-9H2,1-2H3. The van der Waals surface area contributed by atoms with Gasteiger partial charge in [-0.05, 0) is 56.1 Å². The van der Waals surface area contributed by atoms with Crippen LogP contribution in [0.4, 0.5) is 0 Å². The number of furan rings is 1. The normalized spacial score (nSPS) is 12.6. The molecule has 1 aromatic heterocycles. The van der Waals surface area contributed by atoms with E-state index in [0.717, 1.165) is 46.0 Å². The van der Waals surface area contributed by atoms with Crippen molar-refractivity contribution in [2.45, 2.75) is 32.7 Å². The van der Waals surface area contributed by atoms with Crippen LogP contribution in [0.3, 0.4) is 0 Å². The number of hydrogen-bond donors (Lipinski definition) is 1. The van der Waals surface area contributed by atoms with Gasteiger partial charge in [-0.3, -0.25) is 0 Å². The van der Waals surface area contributed by atoms with E-state index in [2.05, 4.69) is 34.2 Å². The molecule has 2 rings (SSSR count). The minimum absolute atomic E-state index is 0.155. The van der Waals surface area contributed by atoms with Gasteiger partial charge in [-0.15, -0.1) is 0 Å². The summed E-state index contributed by atoms with van der Waals surface area (Å²) in [7, 11) is 0. The van der Waals surface area contributed by atoms with Crippen molar-refractivity contribution in [2.24, 2.45) is 0 Å². The van der Waals surface area contributed by atoms with Gasteiger partial charge in [0.25, 0.3) is 0 Å². The van der Waals surface area contributed by atoms with Gasteiger partial charge in [-0.2, -0.15) is 0 Å². The zero-order chi connectivity index (χ0) is 14.5. The molecule has 0 bridgehead atoms. The lowest BCUT2D eigenvalue weighted by Gasteiger charge is -2.17. The van der Waals surface area contributed by atoms with Gasteiger partial charge in [0.05, 0.1) is 6.04 Å². The average Bonchev–Trinajstić information content (AvgIpc) is 2.83. The summed E-state index contributed by atoms with van der Waals surface area (Å²) in [5.41, 5.74) is 1.12. The zero-order valence-corrected chi connectivity index (χ0v) is 14.1. The van der Waals surface area contributed by atoms with Crippen LogP contribution in [0.15, 0.2) is 39.2 Å². The van der Waals surface area contributed by atoms with Gasteiger partial charge in [0.15, 0.2) is 0 Å². The second-order valence-electron chi connectivity index (χ2n) is 4.89. The molecular formula is C16H19BrClNO. The second kappa shape index (κ2) is 7.30. The molecule has 1 heterocycles. The van der Waals surface area contributed by atoms with Crippen molar-refractivity contribution in [2.75, 3.05) is 6.54 Å². The lowest BCUT2D eigenvalue weighted by Crippen LogP contribution is -2.23. The van der Waals surface area contributed by atoms with Crippen molar-refractivity contribution < 1.29 is 4.42 Å². The zero-order valence-electron chi connectivity index (χ0n) is 11.7. The van der Waals surface area contributed by atoms with Crippen LogP contribution in [0.2, 0.25) is 5.02 Å². The molecule has 0 radical (unpaired) electrons. The molecule has 4 heteroatoms. The summed E-state index contributed by atoms with van der Waals surface area (Å²) in [5.74, 6) is 1.90. The van der Waals surface area contributed by atoms with E-state index in [0.29, 0.717) is 0 Å². The SMILES string of the molecule is CCCNC(Cc1ccc(Br)cc1Cl)c1ccc(C)o1. The molecule has 0 saturated carbocycles. The van der Waals surface area contributed by atoms with Gasteiger partial charge in [-0.25, -0.2) is 0 Å². The maximum absolute atomic E-state index is 6.31. The van der Waals surface area contributed by atoms with E-state index < -0.39 is 0 Å². The molecule has 20 heavy (non-hydrogen) atoms. The Bertz CT molecular complexity index is 567. The van der Waals surface area contributed by atoms with Gasteiger partial charge < -0.3 is 9.73 Å². The highest BCUT2D eigenvalue weighted by molar-refractivity contribution is 9.10. The van der Waals surface area contributed by atoms with Crippen LogP contribution in [0.25, 0.3) is 0 Å². The molecule has 1 atom stereocenters. The van der Waals surface area contributed by atoms with E-state index in [1.54, 1.807) is 0 Å². The third-order valence-electron chi connectivity index (χ3n) is 3.18. The minimum Gasteiger partial charge on any atom is -0.465 e. The van der Waals surface area contributed by atoms with Crippen LogP contribution >= 0.6 is 27.5 Å². The minimum atomic E-state index is 0.155. The molecule has 1 aromatic carbocycles. The number of benzene rings is 1. The van der Waals surface area contributed by atoms with E-state index in [4.69, 9.17) is 16.0 Å². The maximum atomic E-state index is 6.31. The summed E-state index contributed by atoms with van der Waals surface area (Å²) in [5, 5.41) is 4.31. The van der Waals surface area contributed by atoms with E-state index in [1.807, 2.05) is 31.2 Å². The summed E-state index contributed by atoms with van der Waals surface area (Å²) >= 11 is 9.75. The monoisotopic (exact) mass is 355 g/mol. The fourth-order valence-corrected chi connectivity index (χ4v) is 2.89. The van der Waals surface area contributed by atoms with Gasteiger partial charge in [0, 0.05) is 9.50 Å². The third kappa shape index (κ3) is 4.11. The first-order valence-corrected chi connectivity index (χ1v) is 8.01. The maximum Gasteiger partial charge on any atom is 0.121 e. The molecule has 0 fully saturated rings.